The van der Waals surface area contributed by atoms with Gasteiger partial charge in [-0.1, -0.05) is 0 Å². The second kappa shape index (κ2) is 7.70. The van der Waals surface area contributed by atoms with Gasteiger partial charge in [0.2, 0.25) is 0 Å². The highest BCUT2D eigenvalue weighted by molar-refractivity contribution is 8.18. The summed E-state index contributed by atoms with van der Waals surface area (Å²) in [6.45, 7) is 3.47. The van der Waals surface area contributed by atoms with Crippen LogP contribution >= 0.6 is 23.5 Å². The molecule has 20 heavy (non-hydrogen) atoms. The first-order valence-electron chi connectivity index (χ1n) is 7.23. The van der Waals surface area contributed by atoms with E-state index in [-0.39, 0.29) is 10.4 Å². The molecule has 0 aromatic carbocycles. The Kier molecular flexibility index (Phi) is 6.51. The van der Waals surface area contributed by atoms with E-state index in [0.29, 0.717) is 13.2 Å². The summed E-state index contributed by atoms with van der Waals surface area (Å²) in [6.07, 6.45) is 4.04. The largest absolute Gasteiger partial charge is 0.356 e. The highest BCUT2D eigenvalue weighted by Gasteiger charge is 2.40. The normalized spacial score (nSPS) is 25.2. The Morgan fingerprint density at radius 2 is 1.65 bits per heavy atom. The van der Waals surface area contributed by atoms with Crippen molar-refractivity contribution in [3.63, 3.8) is 0 Å². The van der Waals surface area contributed by atoms with Crippen molar-refractivity contribution in [1.82, 2.24) is 0 Å². The Balaban J connectivity index is 1.95. The molecule has 2 fully saturated rings. The van der Waals surface area contributed by atoms with E-state index in [1.165, 1.54) is 17.9 Å². The molecule has 2 rings (SSSR count). The molecule has 0 atom stereocenters. The first-order valence-corrected chi connectivity index (χ1v) is 9.20. The number of hydrogen-bond donors (Lipinski definition) is 0. The maximum Gasteiger partial charge on any atom is 0.165 e. The summed E-state index contributed by atoms with van der Waals surface area (Å²) in [7, 11) is 3.43. The molecule has 0 unspecified atom stereocenters. The van der Waals surface area contributed by atoms with Crippen molar-refractivity contribution in [1.29, 1.82) is 0 Å². The molecule has 0 spiro atoms. The minimum atomic E-state index is -0.402. The molecule has 0 aliphatic carbocycles. The lowest BCUT2D eigenvalue weighted by molar-refractivity contribution is -0.149. The van der Waals surface area contributed by atoms with Crippen LogP contribution in [0.2, 0.25) is 0 Å². The average molecular weight is 322 g/mol. The van der Waals surface area contributed by atoms with Crippen LogP contribution in [0.4, 0.5) is 0 Å². The van der Waals surface area contributed by atoms with E-state index in [2.05, 4.69) is 6.92 Å². The van der Waals surface area contributed by atoms with Crippen LogP contribution in [0.25, 0.3) is 0 Å². The van der Waals surface area contributed by atoms with Gasteiger partial charge >= 0.3 is 0 Å². The Bertz CT molecular complexity index is 285. The van der Waals surface area contributed by atoms with Gasteiger partial charge in [0.05, 0.1) is 17.3 Å². The van der Waals surface area contributed by atoms with Crippen LogP contribution in [-0.2, 0) is 18.9 Å². The molecule has 2 aliphatic heterocycles. The third-order valence-electron chi connectivity index (χ3n) is 3.88. The van der Waals surface area contributed by atoms with E-state index in [0.717, 1.165) is 19.3 Å². The van der Waals surface area contributed by atoms with Crippen LogP contribution in [0.15, 0.2) is 0 Å². The van der Waals surface area contributed by atoms with Crippen molar-refractivity contribution in [2.24, 2.45) is 0 Å². The molecule has 2 heterocycles. The Morgan fingerprint density at radius 1 is 1.05 bits per heavy atom. The molecule has 0 aromatic heterocycles. The number of ether oxygens (including phenoxy) is 4. The monoisotopic (exact) mass is 322 g/mol. The molecule has 4 nitrogen and oxygen atoms in total. The van der Waals surface area contributed by atoms with Gasteiger partial charge in [-0.15, -0.1) is 23.5 Å². The summed E-state index contributed by atoms with van der Waals surface area (Å²) < 4.78 is 22.4. The molecule has 0 saturated carbocycles. The summed E-state index contributed by atoms with van der Waals surface area (Å²) in [6, 6.07) is 0. The molecule has 6 heteroatoms. The molecule has 0 amide bonds. The van der Waals surface area contributed by atoms with Crippen LogP contribution in [0.3, 0.4) is 0 Å². The number of rotatable bonds is 7. The van der Waals surface area contributed by atoms with Crippen LogP contribution in [-0.4, -0.2) is 55.1 Å². The number of methoxy groups -OCH3 is 2. The van der Waals surface area contributed by atoms with E-state index in [1.54, 1.807) is 14.2 Å². The highest BCUT2D eigenvalue weighted by Crippen LogP contribution is 2.50. The fourth-order valence-corrected chi connectivity index (χ4v) is 5.95. The zero-order chi connectivity index (χ0) is 14.5. The summed E-state index contributed by atoms with van der Waals surface area (Å²) >= 11 is 4.09. The lowest BCUT2D eigenvalue weighted by Crippen LogP contribution is -2.35. The minimum absolute atomic E-state index is 0.133. The van der Waals surface area contributed by atoms with Gasteiger partial charge in [-0.3, -0.25) is 0 Å². The van der Waals surface area contributed by atoms with Crippen molar-refractivity contribution < 1.29 is 18.9 Å². The lowest BCUT2D eigenvalue weighted by atomic mass is 10.1. The van der Waals surface area contributed by atoms with Crippen LogP contribution in [0.1, 0.15) is 32.6 Å². The van der Waals surface area contributed by atoms with E-state index in [1.807, 2.05) is 23.5 Å². The van der Waals surface area contributed by atoms with Crippen molar-refractivity contribution in [2.45, 2.75) is 48.8 Å². The lowest BCUT2D eigenvalue weighted by Gasteiger charge is -2.39. The minimum Gasteiger partial charge on any atom is -0.356 e. The van der Waals surface area contributed by atoms with Gasteiger partial charge in [0.1, 0.15) is 0 Å². The van der Waals surface area contributed by atoms with E-state index < -0.39 is 5.79 Å². The highest BCUT2D eigenvalue weighted by atomic mass is 32.2. The number of hydrogen-bond acceptors (Lipinski definition) is 6. The molecule has 118 valence electrons. The zero-order valence-electron chi connectivity index (χ0n) is 12.7. The second-order valence-electron chi connectivity index (χ2n) is 5.40. The van der Waals surface area contributed by atoms with Gasteiger partial charge in [-0.25, -0.2) is 0 Å². The van der Waals surface area contributed by atoms with Gasteiger partial charge < -0.3 is 18.9 Å². The quantitative estimate of drug-likeness (QED) is 0.671. The summed E-state index contributed by atoms with van der Waals surface area (Å²) in [5, 5.41) is 0. The smallest absolute Gasteiger partial charge is 0.165 e. The molecule has 0 aromatic rings. The molecule has 2 saturated heterocycles. The first kappa shape index (κ1) is 16.9. The molecule has 0 radical (unpaired) electrons. The maximum absolute atomic E-state index is 5.73. The molecule has 0 bridgehead atoms. The van der Waals surface area contributed by atoms with E-state index in [4.69, 9.17) is 18.9 Å². The average Bonchev–Trinajstić information content (AvgIpc) is 2.91. The standard InChI is InChI=1S/C14H26O4S2/c1-13(17-7-8-18-13)5-6-14(11-12(15-2)16-3)19-9-4-10-20-14/h12H,4-11H2,1-3H3. The molecular weight excluding hydrogens is 296 g/mol. The summed E-state index contributed by atoms with van der Waals surface area (Å²) in [5.41, 5.74) is 0. The maximum atomic E-state index is 5.73. The fourth-order valence-electron chi connectivity index (χ4n) is 2.62. The van der Waals surface area contributed by atoms with Crippen LogP contribution in [0.5, 0.6) is 0 Å². The van der Waals surface area contributed by atoms with Gasteiger partial charge in [-0.05, 0) is 31.3 Å². The third kappa shape index (κ3) is 4.52. The van der Waals surface area contributed by atoms with Crippen molar-refractivity contribution in [3.8, 4) is 0 Å². The van der Waals surface area contributed by atoms with Crippen LogP contribution in [0, 0.1) is 0 Å². The van der Waals surface area contributed by atoms with Gasteiger partial charge in [0.25, 0.3) is 0 Å². The van der Waals surface area contributed by atoms with Gasteiger partial charge in [0, 0.05) is 27.1 Å². The van der Waals surface area contributed by atoms with Crippen LogP contribution < -0.4 is 0 Å². The second-order valence-corrected chi connectivity index (χ2v) is 8.61. The van der Waals surface area contributed by atoms with Crippen molar-refractivity contribution in [3.05, 3.63) is 0 Å². The van der Waals surface area contributed by atoms with Gasteiger partial charge in [-0.2, -0.15) is 0 Å². The van der Waals surface area contributed by atoms with Crippen molar-refractivity contribution in [2.75, 3.05) is 38.9 Å². The Labute approximate surface area is 130 Å². The topological polar surface area (TPSA) is 36.9 Å². The molecule has 2 aliphatic rings. The third-order valence-corrected chi connectivity index (χ3v) is 7.37. The summed E-state index contributed by atoms with van der Waals surface area (Å²) in [5.74, 6) is 2.03. The SMILES string of the molecule is COC(CC1(CCC2(C)OCCO2)SCCCS1)OC. The van der Waals surface area contributed by atoms with Gasteiger partial charge in [0.15, 0.2) is 12.1 Å². The van der Waals surface area contributed by atoms with Crippen molar-refractivity contribution >= 4 is 23.5 Å². The Hall–Kier alpha value is 0.540. The predicted molar refractivity (Wildman–Crippen MR) is 84.2 cm³/mol. The Morgan fingerprint density at radius 3 is 2.20 bits per heavy atom. The fraction of sp³-hybridized carbons (Fsp3) is 1.00. The zero-order valence-corrected chi connectivity index (χ0v) is 14.3. The number of thioether (sulfide) groups is 2. The molecular formula is C14H26O4S2. The summed E-state index contributed by atoms with van der Waals surface area (Å²) in [4.78, 5) is 0. The first-order chi connectivity index (χ1) is 9.61. The van der Waals surface area contributed by atoms with E-state index in [9.17, 15) is 0 Å². The predicted octanol–water partition coefficient (Wildman–Crippen LogP) is 3.11. The molecule has 0 N–H and O–H groups in total. The van der Waals surface area contributed by atoms with E-state index >= 15 is 0 Å².